The maximum absolute atomic E-state index is 12.3. The lowest BCUT2D eigenvalue weighted by Gasteiger charge is -2.07. The molecule has 6 nitrogen and oxygen atoms in total. The van der Waals surface area contributed by atoms with Crippen molar-refractivity contribution in [1.82, 2.24) is 4.98 Å². The molecule has 0 radical (unpaired) electrons. The number of hydrogen-bond donors (Lipinski definition) is 3. The first-order valence-electron chi connectivity index (χ1n) is 3.50. The van der Waals surface area contributed by atoms with E-state index in [1.807, 2.05) is 0 Å². The fraction of sp³-hybridized carbons (Fsp3) is 0.167. The number of rotatable bonds is 2. The number of sulfonamides is 1. The number of nitrogens with two attached hydrogens (primary N) is 1. The number of hydrogen-bond acceptors (Lipinski definition) is 4. The van der Waals surface area contributed by atoms with Gasteiger partial charge in [0.05, 0.1) is 5.56 Å². The third-order valence-corrected chi connectivity index (χ3v) is 2.50. The molecule has 0 bridgehead atoms. The monoisotopic (exact) mass is 240 g/mol. The van der Waals surface area contributed by atoms with E-state index in [2.05, 4.69) is 5.14 Å². The van der Waals surface area contributed by atoms with E-state index in [9.17, 15) is 22.0 Å². The molecule has 0 aliphatic rings. The summed E-state index contributed by atoms with van der Waals surface area (Å²) in [5.41, 5.74) is -2.25. The minimum atomic E-state index is -4.48. The van der Waals surface area contributed by atoms with Gasteiger partial charge in [-0.1, -0.05) is 0 Å². The summed E-state index contributed by atoms with van der Waals surface area (Å²) in [6.07, 6.45) is -3.27. The summed E-state index contributed by atoms with van der Waals surface area (Å²) < 4.78 is 46.4. The number of alkyl halides is 2. The first-order chi connectivity index (χ1) is 6.73. The van der Waals surface area contributed by atoms with Gasteiger partial charge < -0.3 is 5.11 Å². The molecule has 0 saturated heterocycles. The second-order valence-electron chi connectivity index (χ2n) is 2.61. The Morgan fingerprint density at radius 1 is 1.47 bits per heavy atom. The van der Waals surface area contributed by atoms with Gasteiger partial charge in [0.25, 0.3) is 12.0 Å². The normalized spacial score (nSPS) is 12.0. The first-order valence-corrected chi connectivity index (χ1v) is 5.05. The number of aromatic hydroxyl groups is 1. The average molecular weight is 240 g/mol. The third-order valence-electron chi connectivity index (χ3n) is 1.55. The Bertz CT molecular complexity index is 537. The molecule has 84 valence electrons. The van der Waals surface area contributed by atoms with Crippen LogP contribution in [-0.2, 0) is 10.0 Å². The van der Waals surface area contributed by atoms with E-state index >= 15 is 0 Å². The summed E-state index contributed by atoms with van der Waals surface area (Å²) in [5.74, 6) is -1.21. The molecule has 0 saturated carbocycles. The molecule has 1 heterocycles. The Balaban J connectivity index is 3.70. The zero-order chi connectivity index (χ0) is 11.8. The Morgan fingerprint density at radius 3 is 2.40 bits per heavy atom. The lowest BCUT2D eigenvalue weighted by atomic mass is 10.3. The van der Waals surface area contributed by atoms with Crippen LogP contribution < -0.4 is 10.7 Å². The van der Waals surface area contributed by atoms with Gasteiger partial charge in [-0.05, 0) is 0 Å². The van der Waals surface area contributed by atoms with Crippen molar-refractivity contribution < 1.29 is 22.3 Å². The van der Waals surface area contributed by atoms with Gasteiger partial charge in [-0.25, -0.2) is 22.3 Å². The molecule has 15 heavy (non-hydrogen) atoms. The minimum absolute atomic E-state index is 0.385. The van der Waals surface area contributed by atoms with Gasteiger partial charge in [-0.2, -0.15) is 0 Å². The lowest BCUT2D eigenvalue weighted by molar-refractivity contribution is 0.142. The molecule has 0 unspecified atom stereocenters. The van der Waals surface area contributed by atoms with Crippen molar-refractivity contribution in [2.24, 2.45) is 5.14 Å². The predicted molar refractivity (Wildman–Crippen MR) is 45.1 cm³/mol. The van der Waals surface area contributed by atoms with E-state index in [1.165, 1.54) is 0 Å². The van der Waals surface area contributed by atoms with Gasteiger partial charge in [-0.15, -0.1) is 0 Å². The van der Waals surface area contributed by atoms with Crippen molar-refractivity contribution in [2.75, 3.05) is 0 Å². The predicted octanol–water partition coefficient (Wildman–Crippen LogP) is -0.334. The van der Waals surface area contributed by atoms with Crippen molar-refractivity contribution >= 4 is 10.0 Å². The maximum Gasteiger partial charge on any atom is 0.270 e. The van der Waals surface area contributed by atoms with E-state index in [0.29, 0.717) is 6.07 Å². The number of halogens is 2. The van der Waals surface area contributed by atoms with E-state index in [-0.39, 0.29) is 0 Å². The highest BCUT2D eigenvalue weighted by Crippen LogP contribution is 2.30. The van der Waals surface area contributed by atoms with Crippen LogP contribution in [0.15, 0.2) is 15.8 Å². The van der Waals surface area contributed by atoms with Gasteiger partial charge in [0.1, 0.15) is 4.90 Å². The first kappa shape index (κ1) is 11.6. The number of primary sulfonamides is 1. The largest absolute Gasteiger partial charge is 0.494 e. The van der Waals surface area contributed by atoms with Crippen LogP contribution in [0.4, 0.5) is 8.78 Å². The molecular weight excluding hydrogens is 234 g/mol. The van der Waals surface area contributed by atoms with Gasteiger partial charge in [0.2, 0.25) is 15.9 Å². The Hall–Kier alpha value is -1.48. The molecule has 0 spiro atoms. The topological polar surface area (TPSA) is 113 Å². The zero-order valence-corrected chi connectivity index (χ0v) is 7.88. The molecular formula is C6H6F2N2O4S. The highest BCUT2D eigenvalue weighted by atomic mass is 32.2. The van der Waals surface area contributed by atoms with Crippen molar-refractivity contribution in [1.29, 1.82) is 0 Å². The second-order valence-corrected chi connectivity index (χ2v) is 4.14. The van der Waals surface area contributed by atoms with Crippen molar-refractivity contribution in [2.45, 2.75) is 11.3 Å². The van der Waals surface area contributed by atoms with E-state index in [4.69, 9.17) is 5.11 Å². The lowest BCUT2D eigenvalue weighted by Crippen LogP contribution is -2.19. The Kier molecular flexibility index (Phi) is 2.77. The second kappa shape index (κ2) is 3.59. The summed E-state index contributed by atoms with van der Waals surface area (Å²) in [7, 11) is -4.48. The van der Waals surface area contributed by atoms with Crippen molar-refractivity contribution in [3.8, 4) is 5.88 Å². The Morgan fingerprint density at radius 2 is 2.00 bits per heavy atom. The molecule has 9 heteroatoms. The fourth-order valence-electron chi connectivity index (χ4n) is 0.980. The van der Waals surface area contributed by atoms with Gasteiger partial charge in [-0.3, -0.25) is 9.78 Å². The number of aromatic nitrogens is 1. The quantitative estimate of drug-likeness (QED) is 0.656. The molecule has 0 aliphatic heterocycles. The highest BCUT2D eigenvalue weighted by Gasteiger charge is 2.25. The number of nitrogens with one attached hydrogen (secondary N) is 1. The van der Waals surface area contributed by atoms with E-state index < -0.39 is 38.3 Å². The molecule has 0 fully saturated rings. The third kappa shape index (κ3) is 2.30. The number of aromatic amines is 1. The van der Waals surface area contributed by atoms with E-state index in [0.717, 1.165) is 0 Å². The maximum atomic E-state index is 12.3. The molecule has 1 rings (SSSR count). The van der Waals surface area contributed by atoms with Gasteiger partial charge >= 0.3 is 0 Å². The van der Waals surface area contributed by atoms with Crippen LogP contribution in [0.3, 0.4) is 0 Å². The summed E-state index contributed by atoms with van der Waals surface area (Å²) in [6.45, 7) is 0. The van der Waals surface area contributed by atoms with Crippen LogP contribution in [-0.4, -0.2) is 18.5 Å². The van der Waals surface area contributed by atoms with Crippen LogP contribution in [0, 0.1) is 0 Å². The molecule has 0 amide bonds. The summed E-state index contributed by atoms with van der Waals surface area (Å²) in [4.78, 5) is 11.3. The number of pyridine rings is 1. The smallest absolute Gasteiger partial charge is 0.270 e. The highest BCUT2D eigenvalue weighted by molar-refractivity contribution is 7.89. The summed E-state index contributed by atoms with van der Waals surface area (Å²) in [6, 6.07) is 0.385. The Labute approximate surface area is 82.4 Å². The molecule has 4 N–H and O–H groups in total. The molecule has 1 aromatic heterocycles. The van der Waals surface area contributed by atoms with Crippen LogP contribution in [0.5, 0.6) is 5.88 Å². The van der Waals surface area contributed by atoms with Crippen molar-refractivity contribution in [3.05, 3.63) is 22.0 Å². The minimum Gasteiger partial charge on any atom is -0.494 e. The zero-order valence-electron chi connectivity index (χ0n) is 7.07. The van der Waals surface area contributed by atoms with Crippen molar-refractivity contribution in [3.63, 3.8) is 0 Å². The van der Waals surface area contributed by atoms with Crippen LogP contribution >= 0.6 is 0 Å². The van der Waals surface area contributed by atoms with Crippen LogP contribution in [0.2, 0.25) is 0 Å². The molecule has 1 aromatic rings. The van der Waals surface area contributed by atoms with Crippen LogP contribution in [0.1, 0.15) is 12.0 Å². The van der Waals surface area contributed by atoms with E-state index in [1.54, 1.807) is 4.98 Å². The van der Waals surface area contributed by atoms with Gasteiger partial charge in [0.15, 0.2) is 0 Å². The summed E-state index contributed by atoms with van der Waals surface area (Å²) >= 11 is 0. The molecule has 0 aromatic carbocycles. The number of H-pyrrole nitrogens is 1. The molecule has 0 atom stereocenters. The SMILES string of the molecule is NS(=O)(=O)c1cc(=O)[nH]c(O)c1C(F)F. The molecule has 0 aliphatic carbocycles. The standard InChI is InChI=1S/C6H6F2N2O4S/c7-5(8)4-2(15(9,13)14)1-3(11)10-6(4)12/h1,5H,(H2,9,13,14)(H2,10,11,12). The fourth-order valence-corrected chi connectivity index (χ4v) is 1.74. The van der Waals surface area contributed by atoms with Crippen LogP contribution in [0.25, 0.3) is 0 Å². The summed E-state index contributed by atoms with van der Waals surface area (Å²) in [5, 5.41) is 13.6. The average Bonchev–Trinajstić information content (AvgIpc) is 1.99. The van der Waals surface area contributed by atoms with Gasteiger partial charge in [0, 0.05) is 6.07 Å².